The maximum atomic E-state index is 11.6. The molecule has 15 heteroatoms. The van der Waals surface area contributed by atoms with E-state index < -0.39 is 89.6 Å². The Morgan fingerprint density at radius 3 is 2.21 bits per heavy atom. The molecule has 1 aliphatic rings. The average Bonchev–Trinajstić information content (AvgIpc) is 2.67. The maximum Gasteiger partial charge on any atom is 0.472 e. The Hall–Kier alpha value is -0.740. The molecule has 1 saturated heterocycles. The van der Waals surface area contributed by atoms with E-state index in [4.69, 9.17) is 19.7 Å². The molecule has 4 unspecified atom stereocenters. The van der Waals surface area contributed by atoms with Crippen LogP contribution in [0, 0.1) is 0 Å². The number of carbonyl (C=O) groups is 1. The van der Waals surface area contributed by atoms with Crippen molar-refractivity contribution in [1.29, 1.82) is 0 Å². The maximum absolute atomic E-state index is 11.6. The molecule has 1 amide bonds. The van der Waals surface area contributed by atoms with Crippen molar-refractivity contribution in [1.82, 2.24) is 5.32 Å². The molecule has 0 aromatic carbocycles. The molecule has 8 N–H and O–H groups in total. The molecule has 0 radical (unpaired) electrons. The van der Waals surface area contributed by atoms with Crippen LogP contribution < -0.4 is 5.32 Å². The summed E-state index contributed by atoms with van der Waals surface area (Å²) in [4.78, 5) is 20.7. The Morgan fingerprint density at radius 1 is 1.10 bits per heavy atom. The first-order valence-corrected chi connectivity index (χ1v) is 10.1. The molecule has 172 valence electrons. The molecule has 0 aromatic rings. The van der Waals surface area contributed by atoms with Crippen LogP contribution in [0.5, 0.6) is 0 Å². The number of aliphatic hydroxyl groups excluding tert-OH is 6. The van der Waals surface area contributed by atoms with Crippen LogP contribution in [-0.4, -0.2) is 117 Å². The quantitative estimate of drug-likeness (QED) is 0.132. The van der Waals surface area contributed by atoms with Gasteiger partial charge in [-0.15, -0.1) is 0 Å². The number of aliphatic hydroxyl groups is 6. The average molecular weight is 449 g/mol. The first-order chi connectivity index (χ1) is 13.5. The normalized spacial score (nSPS) is 31.7. The molecule has 0 aliphatic carbocycles. The van der Waals surface area contributed by atoms with Crippen LogP contribution in [0.25, 0.3) is 0 Å². The number of rotatable bonds is 12. The van der Waals surface area contributed by atoms with E-state index in [0.717, 1.165) is 6.92 Å². The Morgan fingerprint density at radius 2 is 1.69 bits per heavy atom. The van der Waals surface area contributed by atoms with Gasteiger partial charge in [-0.1, -0.05) is 0 Å². The lowest BCUT2D eigenvalue weighted by molar-refractivity contribution is -0.274. The summed E-state index contributed by atoms with van der Waals surface area (Å²) in [6, 6.07) is -1.22. The van der Waals surface area contributed by atoms with Crippen molar-refractivity contribution in [3.8, 4) is 0 Å². The van der Waals surface area contributed by atoms with Gasteiger partial charge in [0.2, 0.25) is 5.91 Å². The highest BCUT2D eigenvalue weighted by molar-refractivity contribution is 7.47. The second-order valence-corrected chi connectivity index (χ2v) is 7.77. The third-order valence-corrected chi connectivity index (χ3v) is 4.73. The van der Waals surface area contributed by atoms with E-state index in [1.54, 1.807) is 0 Å². The van der Waals surface area contributed by atoms with Gasteiger partial charge in [0.25, 0.3) is 0 Å². The lowest BCUT2D eigenvalue weighted by Gasteiger charge is -2.42. The first-order valence-electron chi connectivity index (χ1n) is 8.60. The van der Waals surface area contributed by atoms with E-state index in [0.29, 0.717) is 0 Å². The van der Waals surface area contributed by atoms with Crippen LogP contribution in [0.4, 0.5) is 0 Å². The number of hydrogen-bond donors (Lipinski definition) is 8. The van der Waals surface area contributed by atoms with Crippen LogP contribution in [0.3, 0.4) is 0 Å². The SMILES string of the molecule is CC(=O)N[C@H]1C(OCC(O)COP(=O)(O)OCC(O)CO)O[C@H](CO)[C@@H](O)[C@@H]1O. The highest BCUT2D eigenvalue weighted by Gasteiger charge is 2.45. The minimum Gasteiger partial charge on any atom is -0.394 e. The highest BCUT2D eigenvalue weighted by Crippen LogP contribution is 2.43. The summed E-state index contributed by atoms with van der Waals surface area (Å²) in [5.74, 6) is -0.562. The standard InChI is InChI=1S/C14H28NO13P/c1-7(18)15-11-13(22)12(21)10(3-17)28-14(11)25-4-9(20)6-27-29(23,24)26-5-8(19)2-16/h8-14,16-17,19-22H,2-6H2,1H3,(H,15,18)(H,23,24)/t8?,9?,10-,11-,12-,13-,14?/m1/s1. The molecule has 8 atom stereocenters. The third-order valence-electron chi connectivity index (χ3n) is 3.77. The van der Waals surface area contributed by atoms with Gasteiger partial charge in [0, 0.05) is 6.92 Å². The fourth-order valence-corrected chi connectivity index (χ4v) is 3.11. The third kappa shape index (κ3) is 8.88. The molecule has 14 nitrogen and oxygen atoms in total. The van der Waals surface area contributed by atoms with Crippen molar-refractivity contribution in [2.45, 2.75) is 49.8 Å². The molecule has 1 fully saturated rings. The van der Waals surface area contributed by atoms with Crippen molar-refractivity contribution < 1.29 is 63.4 Å². The Labute approximate surface area is 166 Å². The van der Waals surface area contributed by atoms with E-state index in [2.05, 4.69) is 14.4 Å². The fourth-order valence-electron chi connectivity index (χ4n) is 2.32. The summed E-state index contributed by atoms with van der Waals surface area (Å²) in [7, 11) is -4.61. The Balaban J connectivity index is 2.57. The Bertz CT molecular complexity index is 552. The van der Waals surface area contributed by atoms with Gasteiger partial charge >= 0.3 is 7.82 Å². The van der Waals surface area contributed by atoms with Crippen molar-refractivity contribution in [2.24, 2.45) is 0 Å². The lowest BCUT2D eigenvalue weighted by Crippen LogP contribution is -2.64. The smallest absolute Gasteiger partial charge is 0.394 e. The topological polar surface area (TPSA) is 225 Å². The summed E-state index contributed by atoms with van der Waals surface area (Å²) in [6.07, 6.45) is -8.47. The first kappa shape index (κ1) is 26.3. The van der Waals surface area contributed by atoms with Crippen LogP contribution >= 0.6 is 7.82 Å². The molecule has 0 aromatic heterocycles. The van der Waals surface area contributed by atoms with Crippen LogP contribution in [0.1, 0.15) is 6.92 Å². The number of ether oxygens (including phenoxy) is 2. The Kier molecular flexibility index (Phi) is 11.1. The van der Waals surface area contributed by atoms with Crippen molar-refractivity contribution in [3.05, 3.63) is 0 Å². The number of nitrogens with one attached hydrogen (secondary N) is 1. The highest BCUT2D eigenvalue weighted by atomic mass is 31.2. The molecule has 0 bridgehead atoms. The van der Waals surface area contributed by atoms with Gasteiger partial charge in [-0.2, -0.15) is 0 Å². The van der Waals surface area contributed by atoms with Gasteiger partial charge in [0.05, 0.1) is 33.0 Å². The predicted molar refractivity (Wildman–Crippen MR) is 92.1 cm³/mol. The number of phosphoric acid groups is 1. The van der Waals surface area contributed by atoms with Gasteiger partial charge in [-0.25, -0.2) is 4.57 Å². The monoisotopic (exact) mass is 449 g/mol. The molecule has 0 spiro atoms. The number of hydrogen-bond acceptors (Lipinski definition) is 12. The molecule has 1 heterocycles. The minimum absolute atomic E-state index is 0.541. The van der Waals surface area contributed by atoms with Gasteiger partial charge < -0.3 is 50.3 Å². The zero-order valence-corrected chi connectivity index (χ0v) is 16.5. The van der Waals surface area contributed by atoms with E-state index >= 15 is 0 Å². The molecule has 29 heavy (non-hydrogen) atoms. The molecule has 1 rings (SSSR count). The van der Waals surface area contributed by atoms with Gasteiger partial charge in [0.1, 0.15) is 36.6 Å². The van der Waals surface area contributed by atoms with E-state index in [9.17, 15) is 34.7 Å². The zero-order valence-electron chi connectivity index (χ0n) is 15.6. The predicted octanol–water partition coefficient (Wildman–Crippen LogP) is -4.21. The van der Waals surface area contributed by atoms with Crippen LogP contribution in [-0.2, 0) is 27.9 Å². The largest absolute Gasteiger partial charge is 0.472 e. The van der Waals surface area contributed by atoms with Crippen molar-refractivity contribution in [3.63, 3.8) is 0 Å². The van der Waals surface area contributed by atoms with E-state index in [1.807, 2.05) is 0 Å². The van der Waals surface area contributed by atoms with Crippen molar-refractivity contribution in [2.75, 3.05) is 33.0 Å². The van der Waals surface area contributed by atoms with Gasteiger partial charge in [-0.05, 0) is 0 Å². The number of carbonyl (C=O) groups excluding carboxylic acids is 1. The summed E-state index contributed by atoms with van der Waals surface area (Å²) in [5.41, 5.74) is 0. The van der Waals surface area contributed by atoms with E-state index in [1.165, 1.54) is 0 Å². The second kappa shape index (κ2) is 12.2. The fraction of sp³-hybridized carbons (Fsp3) is 0.929. The number of phosphoric ester groups is 1. The lowest BCUT2D eigenvalue weighted by atomic mass is 9.97. The van der Waals surface area contributed by atoms with Crippen molar-refractivity contribution >= 4 is 13.7 Å². The van der Waals surface area contributed by atoms with Crippen LogP contribution in [0.2, 0.25) is 0 Å². The number of amides is 1. The molecular weight excluding hydrogens is 421 g/mol. The second-order valence-electron chi connectivity index (χ2n) is 6.32. The summed E-state index contributed by atoms with van der Waals surface area (Å²) >= 11 is 0. The van der Waals surface area contributed by atoms with E-state index in [-0.39, 0.29) is 0 Å². The zero-order chi connectivity index (χ0) is 22.2. The van der Waals surface area contributed by atoms with Gasteiger partial charge in [-0.3, -0.25) is 13.8 Å². The summed E-state index contributed by atoms with van der Waals surface area (Å²) in [6.45, 7) is -2.13. The van der Waals surface area contributed by atoms with Crippen LogP contribution in [0.15, 0.2) is 0 Å². The molecular formula is C14H28NO13P. The molecule has 0 saturated carbocycles. The molecule has 1 aliphatic heterocycles. The summed E-state index contributed by atoms with van der Waals surface area (Å²) in [5, 5.41) is 59.0. The summed E-state index contributed by atoms with van der Waals surface area (Å²) < 4.78 is 31.0. The van der Waals surface area contributed by atoms with Gasteiger partial charge in [0.15, 0.2) is 6.29 Å². The minimum atomic E-state index is -4.61.